The Morgan fingerprint density at radius 1 is 1.18 bits per heavy atom. The molecular formula is C25H26N2O5S. The third-order valence-corrected chi connectivity index (χ3v) is 8.48. The van der Waals surface area contributed by atoms with Gasteiger partial charge in [0.25, 0.3) is 0 Å². The van der Waals surface area contributed by atoms with Crippen molar-refractivity contribution in [2.45, 2.75) is 38.3 Å². The van der Waals surface area contributed by atoms with Crippen molar-refractivity contribution in [3.63, 3.8) is 0 Å². The molecule has 0 aliphatic carbocycles. The summed E-state index contributed by atoms with van der Waals surface area (Å²) in [5.41, 5.74) is 1.48. The highest BCUT2D eigenvalue weighted by atomic mass is 32.1. The maximum Gasteiger partial charge on any atom is 0.327 e. The van der Waals surface area contributed by atoms with E-state index in [-0.39, 0.29) is 23.6 Å². The van der Waals surface area contributed by atoms with Crippen LogP contribution in [0.5, 0.6) is 0 Å². The van der Waals surface area contributed by atoms with Gasteiger partial charge in [0.2, 0.25) is 11.8 Å². The standard InChI is InChI=1S/C25H26N2O5S/c1-4-26-22(29)19-20(23(26)30)25(24(31)32-3)10-5-11-27(25)21(19)16-8-6-15(7-9-16)18-12-17(13-33-18)14(2)28/h6-9,12-13,19-21H,4-5,10-11H2,1-3H3/t19?,20?,21?,25-/m0/s1. The molecule has 0 bridgehead atoms. The summed E-state index contributed by atoms with van der Waals surface area (Å²) in [7, 11) is 1.35. The lowest BCUT2D eigenvalue weighted by molar-refractivity contribution is -0.159. The van der Waals surface area contributed by atoms with E-state index in [9.17, 15) is 19.2 Å². The number of Topliss-reactive ketones (excluding diaryl/α,β-unsaturated/α-hetero) is 1. The van der Waals surface area contributed by atoms with E-state index < -0.39 is 23.3 Å². The van der Waals surface area contributed by atoms with Gasteiger partial charge in [-0.1, -0.05) is 24.3 Å². The molecule has 33 heavy (non-hydrogen) atoms. The Labute approximate surface area is 196 Å². The molecule has 172 valence electrons. The zero-order valence-electron chi connectivity index (χ0n) is 18.9. The molecule has 4 heterocycles. The van der Waals surface area contributed by atoms with Crippen molar-refractivity contribution >= 4 is 34.9 Å². The Hall–Kier alpha value is -2.84. The summed E-state index contributed by atoms with van der Waals surface area (Å²) in [4.78, 5) is 55.8. The highest BCUT2D eigenvalue weighted by Crippen LogP contribution is 2.59. The molecule has 0 saturated carbocycles. The first-order valence-corrected chi connectivity index (χ1v) is 12.1. The highest BCUT2D eigenvalue weighted by Gasteiger charge is 2.73. The zero-order chi connectivity index (χ0) is 23.5. The second-order valence-electron chi connectivity index (χ2n) is 8.96. The van der Waals surface area contributed by atoms with Gasteiger partial charge < -0.3 is 4.74 Å². The number of amides is 2. The molecule has 3 unspecified atom stereocenters. The molecule has 0 spiro atoms. The predicted octanol–water partition coefficient (Wildman–Crippen LogP) is 3.30. The molecule has 4 atom stereocenters. The Kier molecular flexibility index (Phi) is 5.25. The van der Waals surface area contributed by atoms with Crippen molar-refractivity contribution in [3.8, 4) is 10.4 Å². The van der Waals surface area contributed by atoms with E-state index in [0.717, 1.165) is 22.4 Å². The molecule has 2 amide bonds. The van der Waals surface area contributed by atoms with Crippen LogP contribution in [0.1, 0.15) is 48.7 Å². The molecule has 2 aromatic rings. The zero-order valence-corrected chi connectivity index (χ0v) is 19.7. The average molecular weight is 467 g/mol. The van der Waals surface area contributed by atoms with Crippen LogP contribution in [0.15, 0.2) is 35.7 Å². The van der Waals surface area contributed by atoms with Crippen LogP contribution >= 0.6 is 11.3 Å². The number of nitrogens with zero attached hydrogens (tertiary/aromatic N) is 2. The number of methoxy groups -OCH3 is 1. The monoisotopic (exact) mass is 466 g/mol. The fraction of sp³-hybridized carbons (Fsp3) is 0.440. The number of esters is 1. The number of fused-ring (bicyclic) bond motifs is 3. The molecule has 0 N–H and O–H groups in total. The normalized spacial score (nSPS) is 28.8. The molecule has 5 rings (SSSR count). The lowest BCUT2D eigenvalue weighted by atomic mass is 9.77. The highest BCUT2D eigenvalue weighted by molar-refractivity contribution is 7.13. The van der Waals surface area contributed by atoms with Gasteiger partial charge in [-0.25, -0.2) is 0 Å². The number of carbonyl (C=O) groups excluding carboxylic acids is 4. The van der Waals surface area contributed by atoms with E-state index in [4.69, 9.17) is 4.74 Å². The van der Waals surface area contributed by atoms with E-state index in [1.807, 2.05) is 40.6 Å². The summed E-state index contributed by atoms with van der Waals surface area (Å²) in [5.74, 6) is -2.19. The van der Waals surface area contributed by atoms with E-state index in [1.165, 1.54) is 23.3 Å². The van der Waals surface area contributed by atoms with Gasteiger partial charge in [0.15, 0.2) is 5.78 Å². The van der Waals surface area contributed by atoms with E-state index >= 15 is 0 Å². The molecule has 8 heteroatoms. The number of hydrogen-bond donors (Lipinski definition) is 0. The third kappa shape index (κ3) is 2.97. The number of ketones is 1. The number of benzene rings is 1. The van der Waals surface area contributed by atoms with Crippen LogP contribution in [0.2, 0.25) is 0 Å². The van der Waals surface area contributed by atoms with Crippen LogP contribution in [0.25, 0.3) is 10.4 Å². The Morgan fingerprint density at radius 3 is 2.52 bits per heavy atom. The molecule has 1 aromatic heterocycles. The first-order valence-electron chi connectivity index (χ1n) is 11.2. The molecule has 3 saturated heterocycles. The minimum absolute atomic E-state index is 0.0317. The minimum atomic E-state index is -1.09. The molecule has 0 radical (unpaired) electrons. The number of thiophene rings is 1. The van der Waals surface area contributed by atoms with Crippen molar-refractivity contribution in [1.29, 1.82) is 0 Å². The van der Waals surface area contributed by atoms with Crippen molar-refractivity contribution in [3.05, 3.63) is 46.8 Å². The van der Waals surface area contributed by atoms with E-state index in [0.29, 0.717) is 25.1 Å². The second kappa shape index (κ2) is 7.88. The van der Waals surface area contributed by atoms with Crippen LogP contribution < -0.4 is 0 Å². The molecule has 1 aromatic carbocycles. The molecule has 3 aliphatic heterocycles. The Balaban J connectivity index is 1.57. The van der Waals surface area contributed by atoms with Gasteiger partial charge in [-0.3, -0.25) is 29.0 Å². The fourth-order valence-corrected chi connectivity index (χ4v) is 7.04. The predicted molar refractivity (Wildman–Crippen MR) is 123 cm³/mol. The topological polar surface area (TPSA) is 84.0 Å². The molecular weight excluding hydrogens is 440 g/mol. The van der Waals surface area contributed by atoms with Crippen LogP contribution in [0.3, 0.4) is 0 Å². The maximum absolute atomic E-state index is 13.3. The van der Waals surface area contributed by atoms with Gasteiger partial charge in [0.05, 0.1) is 18.9 Å². The van der Waals surface area contributed by atoms with Gasteiger partial charge >= 0.3 is 5.97 Å². The van der Waals surface area contributed by atoms with Crippen LogP contribution in [-0.4, -0.2) is 59.1 Å². The number of rotatable bonds is 5. The average Bonchev–Trinajstić information content (AvgIpc) is 3.55. The number of likely N-dealkylation sites (tertiary alicyclic amines) is 1. The first kappa shape index (κ1) is 22.0. The summed E-state index contributed by atoms with van der Waals surface area (Å²) >= 11 is 1.51. The number of ether oxygens (including phenoxy) is 1. The van der Waals surface area contributed by atoms with Crippen molar-refractivity contribution in [2.75, 3.05) is 20.2 Å². The smallest absolute Gasteiger partial charge is 0.327 e. The van der Waals surface area contributed by atoms with Gasteiger partial charge in [-0.2, -0.15) is 0 Å². The third-order valence-electron chi connectivity index (χ3n) is 7.50. The fourth-order valence-electron chi connectivity index (χ4n) is 6.09. The quantitative estimate of drug-likeness (QED) is 0.382. The number of carbonyl (C=O) groups is 4. The largest absolute Gasteiger partial charge is 0.468 e. The minimum Gasteiger partial charge on any atom is -0.468 e. The summed E-state index contributed by atoms with van der Waals surface area (Å²) in [5, 5.41) is 1.85. The lowest BCUT2D eigenvalue weighted by Gasteiger charge is -2.36. The van der Waals surface area contributed by atoms with Gasteiger partial charge in [-0.15, -0.1) is 11.3 Å². The van der Waals surface area contributed by atoms with Crippen molar-refractivity contribution < 1.29 is 23.9 Å². The van der Waals surface area contributed by atoms with Gasteiger partial charge in [0, 0.05) is 28.4 Å². The first-order chi connectivity index (χ1) is 15.8. The summed E-state index contributed by atoms with van der Waals surface area (Å²) in [6, 6.07) is 9.43. The second-order valence-corrected chi connectivity index (χ2v) is 9.87. The van der Waals surface area contributed by atoms with Crippen molar-refractivity contribution in [1.82, 2.24) is 9.80 Å². The number of imide groups is 1. The van der Waals surface area contributed by atoms with Crippen LogP contribution in [0.4, 0.5) is 0 Å². The van der Waals surface area contributed by atoms with E-state index in [2.05, 4.69) is 0 Å². The van der Waals surface area contributed by atoms with E-state index in [1.54, 1.807) is 13.8 Å². The van der Waals surface area contributed by atoms with Crippen LogP contribution in [0, 0.1) is 11.8 Å². The lowest BCUT2D eigenvalue weighted by Crippen LogP contribution is -2.54. The van der Waals surface area contributed by atoms with Crippen LogP contribution in [-0.2, 0) is 19.1 Å². The molecule has 3 aliphatic rings. The number of hydrogen-bond acceptors (Lipinski definition) is 7. The van der Waals surface area contributed by atoms with Gasteiger partial charge in [0.1, 0.15) is 5.54 Å². The van der Waals surface area contributed by atoms with Crippen molar-refractivity contribution in [2.24, 2.45) is 11.8 Å². The summed E-state index contributed by atoms with van der Waals surface area (Å²) < 4.78 is 5.19. The summed E-state index contributed by atoms with van der Waals surface area (Å²) in [6.45, 7) is 4.27. The molecule has 7 nitrogen and oxygen atoms in total. The summed E-state index contributed by atoms with van der Waals surface area (Å²) in [6.07, 6.45) is 1.28. The SMILES string of the molecule is CCN1C(=O)C2C(c3ccc(-c4cc(C(C)=O)cs4)cc3)N3CCC[C@@]3(C(=O)OC)C2C1=O. The maximum atomic E-state index is 13.3. The Bertz CT molecular complexity index is 1160. The van der Waals surface area contributed by atoms with Gasteiger partial charge in [-0.05, 0) is 50.4 Å². The molecule has 3 fully saturated rings. The Morgan fingerprint density at radius 2 is 1.91 bits per heavy atom.